The lowest BCUT2D eigenvalue weighted by Crippen LogP contribution is -2.36. The molecule has 18 heavy (non-hydrogen) atoms. The number of nitrogens with zero attached hydrogens (tertiary/aromatic N) is 4. The van der Waals surface area contributed by atoms with Crippen molar-refractivity contribution in [3.63, 3.8) is 0 Å². The molecule has 0 fully saturated rings. The van der Waals surface area contributed by atoms with Gasteiger partial charge in [0, 0.05) is 0 Å². The largest absolute Gasteiger partial charge is 0.479 e. The Kier molecular flexibility index (Phi) is 3.08. The van der Waals surface area contributed by atoms with E-state index in [1.165, 1.54) is 17.2 Å². The zero-order chi connectivity index (χ0) is 13.3. The minimum absolute atomic E-state index is 0.166. The molecule has 0 aliphatic heterocycles. The first-order chi connectivity index (χ1) is 8.50. The van der Waals surface area contributed by atoms with Gasteiger partial charge in [0.05, 0.1) is 12.9 Å². The molecule has 5 N–H and O–H groups in total. The second kappa shape index (κ2) is 4.55. The maximum Gasteiger partial charge on any atom is 0.335 e. The van der Waals surface area contributed by atoms with Gasteiger partial charge in [-0.3, -0.25) is 0 Å². The number of hydrogen-bond donors (Lipinski definition) is 4. The molecule has 0 aliphatic carbocycles. The summed E-state index contributed by atoms with van der Waals surface area (Å²) in [7, 11) is 0. The average Bonchev–Trinajstić information content (AvgIpc) is 2.73. The van der Waals surface area contributed by atoms with Crippen molar-refractivity contribution in [1.29, 1.82) is 0 Å². The van der Waals surface area contributed by atoms with E-state index in [0.717, 1.165) is 0 Å². The van der Waals surface area contributed by atoms with Crippen LogP contribution in [0.25, 0.3) is 11.2 Å². The third-order valence-corrected chi connectivity index (χ3v) is 2.43. The summed E-state index contributed by atoms with van der Waals surface area (Å²) in [6.07, 6.45) is -0.777. The van der Waals surface area contributed by atoms with Crippen molar-refractivity contribution in [3.8, 4) is 0 Å². The smallest absolute Gasteiger partial charge is 0.335 e. The fraction of sp³-hybridized carbons (Fsp3) is 0.333. The molecule has 9 nitrogen and oxygen atoms in total. The summed E-state index contributed by atoms with van der Waals surface area (Å²) in [4.78, 5) is 22.1. The van der Waals surface area contributed by atoms with Crippen molar-refractivity contribution in [2.45, 2.75) is 18.8 Å². The molecule has 0 spiro atoms. The molecule has 0 aliphatic rings. The monoisotopic (exact) mass is 253 g/mol. The lowest BCUT2D eigenvalue weighted by atomic mass is 10.2. The van der Waals surface area contributed by atoms with Gasteiger partial charge in [-0.15, -0.1) is 0 Å². The second-order valence-electron chi connectivity index (χ2n) is 3.68. The van der Waals surface area contributed by atoms with Crippen LogP contribution in [0.3, 0.4) is 0 Å². The third kappa shape index (κ3) is 2.08. The van der Waals surface area contributed by atoms with Gasteiger partial charge in [0.1, 0.15) is 17.9 Å². The van der Waals surface area contributed by atoms with E-state index in [-0.39, 0.29) is 12.4 Å². The van der Waals surface area contributed by atoms with Crippen LogP contribution in [0.4, 0.5) is 5.82 Å². The normalized spacial score (nSPS) is 14.6. The van der Waals surface area contributed by atoms with Gasteiger partial charge in [-0.1, -0.05) is 0 Å². The number of nitrogen functional groups attached to an aromatic ring is 1. The Hall–Kier alpha value is -2.26. The lowest BCUT2D eigenvalue weighted by molar-refractivity contribution is -0.153. The Bertz CT molecular complexity index is 583. The van der Waals surface area contributed by atoms with E-state index in [1.807, 2.05) is 0 Å². The average molecular weight is 253 g/mol. The zero-order valence-corrected chi connectivity index (χ0v) is 9.13. The minimum Gasteiger partial charge on any atom is -0.479 e. The van der Waals surface area contributed by atoms with Crippen molar-refractivity contribution in [2.24, 2.45) is 0 Å². The van der Waals surface area contributed by atoms with Gasteiger partial charge in [-0.2, -0.15) is 0 Å². The molecule has 2 heterocycles. The third-order valence-electron chi connectivity index (χ3n) is 2.43. The predicted molar refractivity (Wildman–Crippen MR) is 59.4 cm³/mol. The van der Waals surface area contributed by atoms with Crippen molar-refractivity contribution in [2.75, 3.05) is 5.73 Å². The number of fused-ring (bicyclic) bond motifs is 1. The summed E-state index contributed by atoms with van der Waals surface area (Å²) in [6, 6.07) is 0. The molecule has 2 rings (SSSR count). The Labute approximate surface area is 101 Å². The minimum atomic E-state index is -1.87. The molecule has 2 atom stereocenters. The Morgan fingerprint density at radius 2 is 2.11 bits per heavy atom. The number of hydrogen-bond acceptors (Lipinski definition) is 7. The van der Waals surface area contributed by atoms with Crippen LogP contribution in [-0.2, 0) is 11.3 Å². The molecular formula is C9H11N5O4. The van der Waals surface area contributed by atoms with Gasteiger partial charge in [-0.25, -0.2) is 19.7 Å². The summed E-state index contributed by atoms with van der Waals surface area (Å²) in [5.74, 6) is -1.31. The number of nitrogens with two attached hydrogens (primary N) is 1. The van der Waals surface area contributed by atoms with E-state index in [2.05, 4.69) is 15.0 Å². The topological polar surface area (TPSA) is 147 Å². The van der Waals surface area contributed by atoms with Gasteiger partial charge in [0.2, 0.25) is 0 Å². The molecule has 0 aromatic carbocycles. The standard InChI is InChI=1S/C9H11N5O4/c10-7-5-8(12-2-11-7)14(3-13-5)1-4(15)6(16)9(17)18/h2-4,6,15-16H,1H2,(H,17,18)(H2,10,11,12)/t4-,6+/m0/s1. The fourth-order valence-electron chi connectivity index (χ4n) is 1.50. The van der Waals surface area contributed by atoms with Gasteiger partial charge < -0.3 is 25.6 Å². The van der Waals surface area contributed by atoms with Gasteiger partial charge in [-0.05, 0) is 0 Å². The SMILES string of the molecule is Nc1ncnc2c1ncn2C[C@H](O)[C@@H](O)C(=O)O. The molecule has 0 amide bonds. The number of carboxylic acids is 1. The number of anilines is 1. The molecule has 0 radical (unpaired) electrons. The fourth-order valence-corrected chi connectivity index (χ4v) is 1.50. The van der Waals surface area contributed by atoms with E-state index in [4.69, 9.17) is 10.8 Å². The van der Waals surface area contributed by atoms with Crippen molar-refractivity contribution >= 4 is 23.0 Å². The van der Waals surface area contributed by atoms with Crippen molar-refractivity contribution in [1.82, 2.24) is 19.5 Å². The van der Waals surface area contributed by atoms with Crippen LogP contribution in [-0.4, -0.2) is 53.0 Å². The first-order valence-corrected chi connectivity index (χ1v) is 5.01. The second-order valence-corrected chi connectivity index (χ2v) is 3.68. The molecule has 0 bridgehead atoms. The Morgan fingerprint density at radius 3 is 2.78 bits per heavy atom. The number of imidazole rings is 1. The summed E-state index contributed by atoms with van der Waals surface area (Å²) in [5.41, 5.74) is 6.29. The number of carbonyl (C=O) groups is 1. The first kappa shape index (κ1) is 12.2. The van der Waals surface area contributed by atoms with Crippen LogP contribution in [0.15, 0.2) is 12.7 Å². The molecule has 0 saturated carbocycles. The summed E-state index contributed by atoms with van der Waals surface area (Å²) < 4.78 is 1.39. The summed E-state index contributed by atoms with van der Waals surface area (Å²) in [6.45, 7) is -0.166. The van der Waals surface area contributed by atoms with Crippen LogP contribution < -0.4 is 5.73 Å². The highest BCUT2D eigenvalue weighted by Gasteiger charge is 2.24. The number of aromatic nitrogens is 4. The van der Waals surface area contributed by atoms with Crippen molar-refractivity contribution in [3.05, 3.63) is 12.7 Å². The molecule has 2 aromatic rings. The van der Waals surface area contributed by atoms with E-state index in [0.29, 0.717) is 11.2 Å². The van der Waals surface area contributed by atoms with E-state index in [9.17, 15) is 15.0 Å². The number of carboxylic acid groups (broad SMARTS) is 1. The molecule has 9 heteroatoms. The quantitative estimate of drug-likeness (QED) is 0.499. The highest BCUT2D eigenvalue weighted by Crippen LogP contribution is 2.14. The van der Waals surface area contributed by atoms with E-state index >= 15 is 0 Å². The summed E-state index contributed by atoms with van der Waals surface area (Å²) in [5, 5.41) is 27.3. The summed E-state index contributed by atoms with van der Waals surface area (Å²) >= 11 is 0. The van der Waals surface area contributed by atoms with Crippen LogP contribution >= 0.6 is 0 Å². The molecule has 0 saturated heterocycles. The first-order valence-electron chi connectivity index (χ1n) is 5.01. The van der Waals surface area contributed by atoms with Crippen molar-refractivity contribution < 1.29 is 20.1 Å². The Morgan fingerprint density at radius 1 is 1.39 bits per heavy atom. The number of rotatable bonds is 4. The van der Waals surface area contributed by atoms with E-state index < -0.39 is 18.2 Å². The zero-order valence-electron chi connectivity index (χ0n) is 9.13. The van der Waals surface area contributed by atoms with Gasteiger partial charge in [0.15, 0.2) is 17.6 Å². The van der Waals surface area contributed by atoms with E-state index in [1.54, 1.807) is 0 Å². The lowest BCUT2D eigenvalue weighted by Gasteiger charge is -2.14. The maximum absolute atomic E-state index is 10.5. The molecule has 0 unspecified atom stereocenters. The highest BCUT2D eigenvalue weighted by atomic mass is 16.4. The number of aliphatic hydroxyl groups excluding tert-OH is 2. The molecule has 2 aromatic heterocycles. The van der Waals surface area contributed by atoms with Gasteiger partial charge >= 0.3 is 5.97 Å². The van der Waals surface area contributed by atoms with Crippen LogP contribution in [0.1, 0.15) is 0 Å². The molecular weight excluding hydrogens is 242 g/mol. The number of aliphatic carboxylic acids is 1. The Balaban J connectivity index is 2.27. The predicted octanol–water partition coefficient (Wildman–Crippen LogP) is -1.79. The highest BCUT2D eigenvalue weighted by molar-refractivity contribution is 5.81. The van der Waals surface area contributed by atoms with Crippen LogP contribution in [0.5, 0.6) is 0 Å². The number of aliphatic hydroxyl groups is 2. The van der Waals surface area contributed by atoms with Crippen LogP contribution in [0, 0.1) is 0 Å². The van der Waals surface area contributed by atoms with Gasteiger partial charge in [0.25, 0.3) is 0 Å². The molecule has 96 valence electrons. The maximum atomic E-state index is 10.5. The van der Waals surface area contributed by atoms with Crippen LogP contribution in [0.2, 0.25) is 0 Å².